The third-order valence-corrected chi connectivity index (χ3v) is 4.05. The summed E-state index contributed by atoms with van der Waals surface area (Å²) in [5.41, 5.74) is 4.32. The van der Waals surface area contributed by atoms with Crippen molar-refractivity contribution in [3.63, 3.8) is 0 Å². The van der Waals surface area contributed by atoms with Crippen LogP contribution >= 0.6 is 0 Å². The molecule has 0 saturated heterocycles. The predicted octanol–water partition coefficient (Wildman–Crippen LogP) is 4.01. The lowest BCUT2D eigenvalue weighted by Gasteiger charge is -2.19. The molecule has 1 nitrogen and oxygen atoms in total. The van der Waals surface area contributed by atoms with E-state index in [0.29, 0.717) is 6.04 Å². The minimum absolute atomic E-state index is 0.680. The predicted molar refractivity (Wildman–Crippen MR) is 79.0 cm³/mol. The Morgan fingerprint density at radius 2 is 2.00 bits per heavy atom. The molecule has 0 heterocycles. The highest BCUT2D eigenvalue weighted by Gasteiger charge is 2.25. The van der Waals surface area contributed by atoms with Gasteiger partial charge in [-0.15, -0.1) is 0 Å². The van der Waals surface area contributed by atoms with Gasteiger partial charge in [-0.25, -0.2) is 0 Å². The summed E-state index contributed by atoms with van der Waals surface area (Å²) in [5, 5.41) is 3.72. The molecule has 1 atom stereocenters. The molecule has 0 aliphatic heterocycles. The van der Waals surface area contributed by atoms with E-state index in [0.717, 1.165) is 12.5 Å². The molecule has 2 rings (SSSR count). The zero-order chi connectivity index (χ0) is 13.0. The van der Waals surface area contributed by atoms with Gasteiger partial charge in [0.2, 0.25) is 0 Å². The molecule has 1 saturated carbocycles. The van der Waals surface area contributed by atoms with E-state index in [9.17, 15) is 0 Å². The number of hydrogen-bond acceptors (Lipinski definition) is 1. The van der Waals surface area contributed by atoms with Crippen LogP contribution in [0.3, 0.4) is 0 Å². The van der Waals surface area contributed by atoms with E-state index >= 15 is 0 Å². The van der Waals surface area contributed by atoms with Gasteiger partial charge in [-0.2, -0.15) is 0 Å². The normalized spacial score (nSPS) is 16.8. The van der Waals surface area contributed by atoms with E-state index in [1.165, 1.54) is 48.8 Å². The first-order valence-corrected chi connectivity index (χ1v) is 7.48. The first kappa shape index (κ1) is 13.6. The van der Waals surface area contributed by atoms with Gasteiger partial charge in [-0.1, -0.05) is 38.0 Å². The Balaban J connectivity index is 1.94. The Morgan fingerprint density at radius 1 is 1.22 bits per heavy atom. The van der Waals surface area contributed by atoms with Crippen molar-refractivity contribution in [2.24, 2.45) is 5.92 Å². The largest absolute Gasteiger partial charge is 0.314 e. The van der Waals surface area contributed by atoms with Crippen LogP contribution in [0.4, 0.5) is 0 Å². The fourth-order valence-electron chi connectivity index (χ4n) is 2.56. The number of nitrogens with one attached hydrogen (secondary N) is 1. The van der Waals surface area contributed by atoms with Crippen LogP contribution in [0.25, 0.3) is 0 Å². The van der Waals surface area contributed by atoms with Crippen molar-refractivity contribution in [1.29, 1.82) is 0 Å². The second kappa shape index (κ2) is 6.38. The van der Waals surface area contributed by atoms with Crippen LogP contribution in [-0.2, 0) is 6.42 Å². The van der Waals surface area contributed by atoms with Crippen molar-refractivity contribution in [1.82, 2.24) is 5.32 Å². The van der Waals surface area contributed by atoms with E-state index in [1.807, 2.05) is 0 Å². The highest BCUT2D eigenvalue weighted by molar-refractivity contribution is 5.30. The van der Waals surface area contributed by atoms with Crippen molar-refractivity contribution in [3.8, 4) is 0 Å². The van der Waals surface area contributed by atoms with E-state index in [4.69, 9.17) is 0 Å². The summed E-state index contributed by atoms with van der Waals surface area (Å²) >= 11 is 0. The molecule has 18 heavy (non-hydrogen) atoms. The topological polar surface area (TPSA) is 12.0 Å². The molecule has 1 aliphatic rings. The van der Waals surface area contributed by atoms with E-state index < -0.39 is 0 Å². The molecule has 0 radical (unpaired) electrons. The highest BCUT2D eigenvalue weighted by Crippen LogP contribution is 2.34. The van der Waals surface area contributed by atoms with Crippen molar-refractivity contribution in [2.45, 2.75) is 58.9 Å². The van der Waals surface area contributed by atoms with Crippen LogP contribution in [0, 0.1) is 19.8 Å². The molecule has 1 heteroatoms. The third kappa shape index (κ3) is 4.13. The zero-order valence-corrected chi connectivity index (χ0v) is 12.1. The summed E-state index contributed by atoms with van der Waals surface area (Å²) in [6, 6.07) is 7.61. The number of benzene rings is 1. The molecule has 1 N–H and O–H groups in total. The standard InChI is InChI=1S/C17H27N/c1-4-9-18-17(11-15-7-8-15)12-16-6-5-13(2)14(3)10-16/h5-6,10,15,17-18H,4,7-9,11-12H2,1-3H3. The van der Waals surface area contributed by atoms with E-state index in [-0.39, 0.29) is 0 Å². The van der Waals surface area contributed by atoms with E-state index in [1.54, 1.807) is 0 Å². The summed E-state index contributed by atoms with van der Waals surface area (Å²) in [6.45, 7) is 7.81. The van der Waals surface area contributed by atoms with Gasteiger partial charge in [0, 0.05) is 6.04 Å². The molecule has 0 amide bonds. The van der Waals surface area contributed by atoms with Gasteiger partial charge in [0.1, 0.15) is 0 Å². The molecule has 1 aliphatic carbocycles. The SMILES string of the molecule is CCCNC(Cc1ccc(C)c(C)c1)CC1CC1. The smallest absolute Gasteiger partial charge is 0.0110 e. The third-order valence-electron chi connectivity index (χ3n) is 4.05. The Hall–Kier alpha value is -0.820. The minimum Gasteiger partial charge on any atom is -0.314 e. The maximum atomic E-state index is 3.72. The van der Waals surface area contributed by atoms with Gasteiger partial charge in [0.15, 0.2) is 0 Å². The molecule has 100 valence electrons. The highest BCUT2D eigenvalue weighted by atomic mass is 14.9. The number of aryl methyl sites for hydroxylation is 2. The number of hydrogen-bond donors (Lipinski definition) is 1. The molecule has 1 unspecified atom stereocenters. The summed E-state index contributed by atoms with van der Waals surface area (Å²) in [6.07, 6.45) is 6.70. The quantitative estimate of drug-likeness (QED) is 0.765. The minimum atomic E-state index is 0.680. The van der Waals surface area contributed by atoms with Crippen molar-refractivity contribution < 1.29 is 0 Å². The molecule has 0 bridgehead atoms. The fourth-order valence-corrected chi connectivity index (χ4v) is 2.56. The molecule has 1 aromatic rings. The van der Waals surface area contributed by atoms with Gasteiger partial charge >= 0.3 is 0 Å². The van der Waals surface area contributed by atoms with Crippen molar-refractivity contribution in [2.75, 3.05) is 6.54 Å². The molecule has 1 fully saturated rings. The zero-order valence-electron chi connectivity index (χ0n) is 12.1. The molecule has 0 aromatic heterocycles. The van der Waals surface area contributed by atoms with Gasteiger partial charge in [0.05, 0.1) is 0 Å². The monoisotopic (exact) mass is 245 g/mol. The molecule has 0 spiro atoms. The van der Waals surface area contributed by atoms with Crippen molar-refractivity contribution in [3.05, 3.63) is 34.9 Å². The summed E-state index contributed by atoms with van der Waals surface area (Å²) in [4.78, 5) is 0. The Morgan fingerprint density at radius 3 is 2.61 bits per heavy atom. The second-order valence-electron chi connectivity index (χ2n) is 5.95. The van der Waals surface area contributed by atoms with Crippen LogP contribution in [0.5, 0.6) is 0 Å². The lowest BCUT2D eigenvalue weighted by Crippen LogP contribution is -2.32. The molecule has 1 aromatic carbocycles. The van der Waals surface area contributed by atoms with Crippen LogP contribution in [-0.4, -0.2) is 12.6 Å². The lowest BCUT2D eigenvalue weighted by atomic mass is 9.98. The second-order valence-corrected chi connectivity index (χ2v) is 5.95. The fraction of sp³-hybridized carbons (Fsp3) is 0.647. The van der Waals surface area contributed by atoms with Crippen LogP contribution in [0.15, 0.2) is 18.2 Å². The Kier molecular flexibility index (Phi) is 4.82. The summed E-state index contributed by atoms with van der Waals surface area (Å²) < 4.78 is 0. The average molecular weight is 245 g/mol. The lowest BCUT2D eigenvalue weighted by molar-refractivity contribution is 0.455. The number of rotatable bonds is 7. The maximum Gasteiger partial charge on any atom is 0.0110 e. The van der Waals surface area contributed by atoms with E-state index in [2.05, 4.69) is 44.3 Å². The van der Waals surface area contributed by atoms with Gasteiger partial charge in [-0.3, -0.25) is 0 Å². The first-order valence-electron chi connectivity index (χ1n) is 7.48. The van der Waals surface area contributed by atoms with Gasteiger partial charge < -0.3 is 5.32 Å². The Labute approximate surface area is 112 Å². The maximum absolute atomic E-state index is 3.72. The van der Waals surface area contributed by atoms with Crippen molar-refractivity contribution >= 4 is 0 Å². The Bertz CT molecular complexity index is 379. The van der Waals surface area contributed by atoms with Crippen LogP contribution < -0.4 is 5.32 Å². The summed E-state index contributed by atoms with van der Waals surface area (Å²) in [7, 11) is 0. The molecular formula is C17H27N. The van der Waals surface area contributed by atoms with Crippen LogP contribution in [0.2, 0.25) is 0 Å². The first-order chi connectivity index (χ1) is 8.69. The van der Waals surface area contributed by atoms with Gasteiger partial charge in [0.25, 0.3) is 0 Å². The van der Waals surface area contributed by atoms with Gasteiger partial charge in [-0.05, 0) is 62.3 Å². The van der Waals surface area contributed by atoms with Crippen LogP contribution in [0.1, 0.15) is 49.3 Å². The molecular weight excluding hydrogens is 218 g/mol. The summed E-state index contributed by atoms with van der Waals surface area (Å²) in [5.74, 6) is 1.01. The average Bonchev–Trinajstić information content (AvgIpc) is 3.15.